The number of hydrazone groups is 1. The van der Waals surface area contributed by atoms with Crippen molar-refractivity contribution >= 4 is 34.5 Å². The lowest BCUT2D eigenvalue weighted by atomic mass is 9.97. The molecule has 176 valence electrons. The molecule has 34 heavy (non-hydrogen) atoms. The van der Waals surface area contributed by atoms with E-state index in [-0.39, 0.29) is 23.6 Å². The maximum absolute atomic E-state index is 13.8. The van der Waals surface area contributed by atoms with Gasteiger partial charge in [0, 0.05) is 34.6 Å². The van der Waals surface area contributed by atoms with Crippen LogP contribution in [0.4, 0.5) is 0 Å². The molecule has 0 fully saturated rings. The molecule has 0 bridgehead atoms. The first-order chi connectivity index (χ1) is 16.2. The molecule has 0 aliphatic carbocycles. The first-order valence-electron chi connectivity index (χ1n) is 11.3. The number of carbonyl (C=O) groups is 3. The highest BCUT2D eigenvalue weighted by atomic mass is 16.2. The van der Waals surface area contributed by atoms with Gasteiger partial charge in [0.15, 0.2) is 11.9 Å². The number of amidine groups is 1. The number of amides is 3. The fraction of sp³-hybridized carbons (Fsp3) is 0.308. The van der Waals surface area contributed by atoms with Crippen LogP contribution in [0.2, 0.25) is 0 Å². The molecule has 8 heteroatoms. The number of benzene rings is 2. The number of nitrogens with one attached hydrogen (secondary N) is 3. The molecular formula is C26H29N5O3. The molecule has 3 amide bonds. The molecule has 2 atom stereocenters. The monoisotopic (exact) mass is 459 g/mol. The normalized spacial score (nSPS) is 16.9. The van der Waals surface area contributed by atoms with Crippen LogP contribution in [-0.2, 0) is 14.4 Å². The Kier molecular flexibility index (Phi) is 6.24. The molecular weight excluding hydrogens is 430 g/mol. The van der Waals surface area contributed by atoms with Crippen molar-refractivity contribution in [3.05, 3.63) is 70.9 Å². The molecule has 2 heterocycles. The number of aryl methyl sites for hydroxylation is 2. The number of para-hydroxylation sites is 1. The van der Waals surface area contributed by atoms with Crippen LogP contribution >= 0.6 is 0 Å². The van der Waals surface area contributed by atoms with Crippen LogP contribution in [0.5, 0.6) is 0 Å². The quantitative estimate of drug-likeness (QED) is 0.545. The molecule has 0 saturated carbocycles. The topological polar surface area (TPSA) is 107 Å². The van der Waals surface area contributed by atoms with Gasteiger partial charge in [-0.1, -0.05) is 61.9 Å². The van der Waals surface area contributed by atoms with Gasteiger partial charge in [-0.3, -0.25) is 14.4 Å². The fourth-order valence-electron chi connectivity index (χ4n) is 4.28. The van der Waals surface area contributed by atoms with Crippen molar-refractivity contribution in [1.29, 1.82) is 0 Å². The Balaban J connectivity index is 1.88. The molecule has 1 aliphatic rings. The summed E-state index contributed by atoms with van der Waals surface area (Å²) in [6.45, 7) is 8.90. The summed E-state index contributed by atoms with van der Waals surface area (Å²) in [6.07, 6.45) is 0. The summed E-state index contributed by atoms with van der Waals surface area (Å²) in [6, 6.07) is 13.3. The third kappa shape index (κ3) is 4.31. The van der Waals surface area contributed by atoms with Gasteiger partial charge in [-0.25, -0.2) is 5.01 Å². The van der Waals surface area contributed by atoms with E-state index in [1.165, 1.54) is 11.9 Å². The smallest absolute Gasteiger partial charge is 0.266 e. The second-order valence-electron chi connectivity index (χ2n) is 9.02. The van der Waals surface area contributed by atoms with E-state index in [0.717, 1.165) is 22.2 Å². The van der Waals surface area contributed by atoms with E-state index in [2.05, 4.69) is 20.7 Å². The van der Waals surface area contributed by atoms with Crippen molar-refractivity contribution in [1.82, 2.24) is 20.6 Å². The summed E-state index contributed by atoms with van der Waals surface area (Å²) in [5.74, 6) is -1.05. The minimum Gasteiger partial charge on any atom is -0.358 e. The third-order valence-electron chi connectivity index (χ3n) is 6.00. The first-order valence-corrected chi connectivity index (χ1v) is 11.3. The second-order valence-corrected chi connectivity index (χ2v) is 9.02. The van der Waals surface area contributed by atoms with Crippen LogP contribution in [0, 0.1) is 19.8 Å². The number of aromatic nitrogens is 1. The Morgan fingerprint density at radius 3 is 2.38 bits per heavy atom. The Hall–Kier alpha value is -3.94. The second kappa shape index (κ2) is 9.13. The van der Waals surface area contributed by atoms with E-state index >= 15 is 0 Å². The molecule has 0 unspecified atom stereocenters. The van der Waals surface area contributed by atoms with E-state index in [9.17, 15) is 14.4 Å². The Bertz CT molecular complexity index is 1290. The SMILES string of the molecule is CC(=O)N[C@H](C(=O)N1N=C(c2ccc(C)cc2)NC(=O)[C@H]1c1c(C)[nH]c2ccccc12)C(C)C. The summed E-state index contributed by atoms with van der Waals surface area (Å²) in [4.78, 5) is 42.6. The zero-order valence-electron chi connectivity index (χ0n) is 20.0. The van der Waals surface area contributed by atoms with Crippen LogP contribution in [0.3, 0.4) is 0 Å². The molecule has 3 aromatic rings. The molecule has 2 aromatic carbocycles. The van der Waals surface area contributed by atoms with Crippen molar-refractivity contribution in [2.45, 2.75) is 46.7 Å². The molecule has 0 spiro atoms. The number of carbonyl (C=O) groups excluding carboxylic acids is 3. The Morgan fingerprint density at radius 1 is 1.06 bits per heavy atom. The van der Waals surface area contributed by atoms with Crippen molar-refractivity contribution < 1.29 is 14.4 Å². The molecule has 8 nitrogen and oxygen atoms in total. The largest absolute Gasteiger partial charge is 0.358 e. The van der Waals surface area contributed by atoms with E-state index in [1.807, 2.05) is 76.2 Å². The summed E-state index contributed by atoms with van der Waals surface area (Å²) < 4.78 is 0. The van der Waals surface area contributed by atoms with Crippen LogP contribution in [-0.4, -0.2) is 39.6 Å². The Labute approximate surface area is 198 Å². The average Bonchev–Trinajstić information content (AvgIpc) is 3.12. The number of H-pyrrole nitrogens is 1. The van der Waals surface area contributed by atoms with Gasteiger partial charge in [-0.2, -0.15) is 5.10 Å². The summed E-state index contributed by atoms with van der Waals surface area (Å²) >= 11 is 0. The van der Waals surface area contributed by atoms with Crippen molar-refractivity contribution in [3.63, 3.8) is 0 Å². The fourth-order valence-corrected chi connectivity index (χ4v) is 4.28. The lowest BCUT2D eigenvalue weighted by molar-refractivity contribution is -0.145. The van der Waals surface area contributed by atoms with Gasteiger partial charge in [-0.05, 0) is 25.8 Å². The molecule has 4 rings (SSSR count). The predicted molar refractivity (Wildman–Crippen MR) is 131 cm³/mol. The van der Waals surface area contributed by atoms with E-state index < -0.39 is 18.0 Å². The van der Waals surface area contributed by atoms with Crippen molar-refractivity contribution in [2.24, 2.45) is 11.0 Å². The van der Waals surface area contributed by atoms with Gasteiger partial charge in [0.1, 0.15) is 6.04 Å². The van der Waals surface area contributed by atoms with Gasteiger partial charge in [0.2, 0.25) is 5.91 Å². The molecule has 3 N–H and O–H groups in total. The summed E-state index contributed by atoms with van der Waals surface area (Å²) in [5.41, 5.74) is 4.07. The maximum Gasteiger partial charge on any atom is 0.266 e. The lowest BCUT2D eigenvalue weighted by Crippen LogP contribution is -2.55. The average molecular weight is 460 g/mol. The number of hydrogen-bond donors (Lipinski definition) is 3. The molecule has 1 aliphatic heterocycles. The van der Waals surface area contributed by atoms with Crippen LogP contribution in [0.1, 0.15) is 49.2 Å². The minimum absolute atomic E-state index is 0.205. The number of fused-ring (bicyclic) bond motifs is 1. The number of rotatable bonds is 5. The molecule has 0 saturated heterocycles. The van der Waals surface area contributed by atoms with Crippen LogP contribution in [0.25, 0.3) is 10.9 Å². The van der Waals surface area contributed by atoms with E-state index in [0.29, 0.717) is 11.1 Å². The van der Waals surface area contributed by atoms with E-state index in [1.54, 1.807) is 0 Å². The highest BCUT2D eigenvalue weighted by molar-refractivity contribution is 6.13. The highest BCUT2D eigenvalue weighted by Crippen LogP contribution is 2.34. The molecule has 1 aromatic heterocycles. The molecule has 0 radical (unpaired) electrons. The van der Waals surface area contributed by atoms with Crippen molar-refractivity contribution in [3.8, 4) is 0 Å². The summed E-state index contributed by atoms with van der Waals surface area (Å²) in [5, 5.41) is 12.3. The Morgan fingerprint density at radius 2 is 1.74 bits per heavy atom. The van der Waals surface area contributed by atoms with E-state index in [4.69, 9.17) is 0 Å². The van der Waals surface area contributed by atoms with Gasteiger partial charge in [0.05, 0.1) is 0 Å². The lowest BCUT2D eigenvalue weighted by Gasteiger charge is -2.35. The van der Waals surface area contributed by atoms with Gasteiger partial charge < -0.3 is 15.6 Å². The van der Waals surface area contributed by atoms with Gasteiger partial charge in [0.25, 0.3) is 11.8 Å². The number of aromatic amines is 1. The highest BCUT2D eigenvalue weighted by Gasteiger charge is 2.42. The zero-order chi connectivity index (χ0) is 24.6. The van der Waals surface area contributed by atoms with Gasteiger partial charge >= 0.3 is 0 Å². The van der Waals surface area contributed by atoms with Gasteiger partial charge in [-0.15, -0.1) is 0 Å². The first kappa shape index (κ1) is 23.2. The number of hydrogen-bond acceptors (Lipinski definition) is 4. The number of nitrogens with zero attached hydrogens (tertiary/aromatic N) is 2. The third-order valence-corrected chi connectivity index (χ3v) is 6.00. The predicted octanol–water partition coefficient (Wildman–Crippen LogP) is 3.31. The van der Waals surface area contributed by atoms with Crippen molar-refractivity contribution in [2.75, 3.05) is 0 Å². The standard InChI is InChI=1S/C26H29N5O3/c1-14(2)22(28-17(5)32)26(34)31-23(21-16(4)27-20-9-7-6-8-19(20)21)25(33)29-24(30-31)18-12-10-15(3)11-13-18/h6-14,22-23,27H,1-5H3,(H,28,32)(H,29,30,33)/t22-,23+/m0/s1. The van der Waals surface area contributed by atoms with Crippen LogP contribution in [0.15, 0.2) is 53.6 Å². The minimum atomic E-state index is -0.993. The zero-order valence-corrected chi connectivity index (χ0v) is 20.0. The maximum atomic E-state index is 13.8. The summed E-state index contributed by atoms with van der Waals surface area (Å²) in [7, 11) is 0. The van der Waals surface area contributed by atoms with Crippen LogP contribution < -0.4 is 10.6 Å².